The van der Waals surface area contributed by atoms with Crippen molar-refractivity contribution in [3.63, 3.8) is 0 Å². The Hall–Kier alpha value is -1.02. The van der Waals surface area contributed by atoms with E-state index in [0.717, 1.165) is 12.4 Å². The van der Waals surface area contributed by atoms with Crippen molar-refractivity contribution in [2.75, 3.05) is 13.7 Å². The van der Waals surface area contributed by atoms with Gasteiger partial charge in [-0.3, -0.25) is 0 Å². The van der Waals surface area contributed by atoms with Crippen LogP contribution in [-0.4, -0.2) is 19.7 Å². The smallest absolute Gasteiger partial charge is 0.119 e. The molecular weight excluding hydrogens is 198 g/mol. The summed E-state index contributed by atoms with van der Waals surface area (Å²) in [5, 5.41) is 3.28. The molecule has 1 aromatic rings. The molecule has 1 N–H and O–H groups in total. The zero-order chi connectivity index (χ0) is 12.1. The molecule has 1 unspecified atom stereocenters. The first kappa shape index (κ1) is 13.0. The molecule has 0 saturated carbocycles. The molecule has 0 bridgehead atoms. The van der Waals surface area contributed by atoms with Gasteiger partial charge in [0, 0.05) is 6.04 Å². The normalized spacial score (nSPS) is 12.9. The molecule has 0 aromatic heterocycles. The van der Waals surface area contributed by atoms with Crippen LogP contribution >= 0.6 is 0 Å². The fourth-order valence-corrected chi connectivity index (χ4v) is 1.81. The van der Waals surface area contributed by atoms with Crippen molar-refractivity contribution in [2.45, 2.75) is 33.7 Å². The summed E-state index contributed by atoms with van der Waals surface area (Å²) in [6.07, 6.45) is 0. The molecular formula is C14H23NO. The summed E-state index contributed by atoms with van der Waals surface area (Å²) < 4.78 is 5.82. The molecule has 0 fully saturated rings. The molecule has 1 aromatic carbocycles. The lowest BCUT2D eigenvalue weighted by molar-refractivity contribution is 0.238. The fourth-order valence-electron chi connectivity index (χ4n) is 1.81. The van der Waals surface area contributed by atoms with Crippen molar-refractivity contribution in [2.24, 2.45) is 5.92 Å². The summed E-state index contributed by atoms with van der Waals surface area (Å²) in [7, 11) is 1.98. The van der Waals surface area contributed by atoms with Gasteiger partial charge >= 0.3 is 0 Å². The number of hydrogen-bond acceptors (Lipinski definition) is 2. The van der Waals surface area contributed by atoms with Gasteiger partial charge in [0.05, 0.1) is 0 Å². The van der Waals surface area contributed by atoms with Gasteiger partial charge in [-0.2, -0.15) is 0 Å². The number of rotatable bonds is 5. The SMILES string of the molecule is CNC(COc1cc(C)cc(C)c1)C(C)C. The lowest BCUT2D eigenvalue weighted by Crippen LogP contribution is -2.36. The summed E-state index contributed by atoms with van der Waals surface area (Å²) in [6, 6.07) is 6.73. The first-order valence-electron chi connectivity index (χ1n) is 5.91. The number of likely N-dealkylation sites (N-methyl/N-ethyl adjacent to an activating group) is 1. The zero-order valence-electron chi connectivity index (χ0n) is 11.0. The van der Waals surface area contributed by atoms with Crippen LogP contribution in [0, 0.1) is 19.8 Å². The second kappa shape index (κ2) is 5.90. The summed E-state index contributed by atoms with van der Waals surface area (Å²) in [5.74, 6) is 1.55. The van der Waals surface area contributed by atoms with E-state index in [9.17, 15) is 0 Å². The Labute approximate surface area is 99.0 Å². The van der Waals surface area contributed by atoms with E-state index in [4.69, 9.17) is 4.74 Å². The first-order valence-corrected chi connectivity index (χ1v) is 5.91. The second-order valence-electron chi connectivity index (χ2n) is 4.77. The van der Waals surface area contributed by atoms with Crippen LogP contribution in [0.15, 0.2) is 18.2 Å². The maximum Gasteiger partial charge on any atom is 0.119 e. The van der Waals surface area contributed by atoms with E-state index < -0.39 is 0 Å². The third kappa shape index (κ3) is 3.86. The van der Waals surface area contributed by atoms with E-state index in [1.165, 1.54) is 11.1 Å². The number of ether oxygens (including phenoxy) is 1. The van der Waals surface area contributed by atoms with Gasteiger partial charge in [-0.25, -0.2) is 0 Å². The molecule has 1 rings (SSSR count). The van der Waals surface area contributed by atoms with Crippen LogP contribution in [0.2, 0.25) is 0 Å². The van der Waals surface area contributed by atoms with Crippen LogP contribution in [-0.2, 0) is 0 Å². The molecule has 90 valence electrons. The molecule has 2 heteroatoms. The zero-order valence-corrected chi connectivity index (χ0v) is 11.0. The highest BCUT2D eigenvalue weighted by molar-refractivity contribution is 5.33. The van der Waals surface area contributed by atoms with Crippen molar-refractivity contribution < 1.29 is 4.74 Å². The van der Waals surface area contributed by atoms with Gasteiger partial charge in [0.15, 0.2) is 0 Å². The Morgan fingerprint density at radius 2 is 1.69 bits per heavy atom. The average Bonchev–Trinajstić information content (AvgIpc) is 2.16. The first-order chi connectivity index (χ1) is 7.52. The van der Waals surface area contributed by atoms with Gasteiger partial charge in [0.25, 0.3) is 0 Å². The highest BCUT2D eigenvalue weighted by atomic mass is 16.5. The minimum absolute atomic E-state index is 0.404. The van der Waals surface area contributed by atoms with Gasteiger partial charge in [-0.05, 0) is 50.1 Å². The quantitative estimate of drug-likeness (QED) is 0.825. The topological polar surface area (TPSA) is 21.3 Å². The van der Waals surface area contributed by atoms with E-state index >= 15 is 0 Å². The molecule has 0 heterocycles. The van der Waals surface area contributed by atoms with Crippen molar-refractivity contribution >= 4 is 0 Å². The summed E-state index contributed by atoms with van der Waals surface area (Å²) >= 11 is 0. The Kier molecular flexibility index (Phi) is 4.81. The minimum Gasteiger partial charge on any atom is -0.492 e. The Morgan fingerprint density at radius 1 is 1.12 bits per heavy atom. The van der Waals surface area contributed by atoms with Crippen LogP contribution in [0.4, 0.5) is 0 Å². The van der Waals surface area contributed by atoms with E-state index in [1.807, 2.05) is 7.05 Å². The molecule has 1 atom stereocenters. The number of aryl methyl sites for hydroxylation is 2. The van der Waals surface area contributed by atoms with Crippen LogP contribution in [0.3, 0.4) is 0 Å². The second-order valence-corrected chi connectivity index (χ2v) is 4.77. The highest BCUT2D eigenvalue weighted by Crippen LogP contribution is 2.17. The predicted octanol–water partition coefficient (Wildman–Crippen LogP) is 2.93. The molecule has 2 nitrogen and oxygen atoms in total. The summed E-state index contributed by atoms with van der Waals surface area (Å²) in [4.78, 5) is 0. The Balaban J connectivity index is 2.60. The standard InChI is InChI=1S/C14H23NO/c1-10(2)14(15-5)9-16-13-7-11(3)6-12(4)8-13/h6-8,10,14-15H,9H2,1-5H3. The lowest BCUT2D eigenvalue weighted by atomic mass is 10.1. The van der Waals surface area contributed by atoms with E-state index in [1.54, 1.807) is 0 Å². The number of hydrogen-bond donors (Lipinski definition) is 1. The molecule has 16 heavy (non-hydrogen) atoms. The van der Waals surface area contributed by atoms with E-state index in [-0.39, 0.29) is 0 Å². The third-order valence-electron chi connectivity index (χ3n) is 2.80. The third-order valence-corrected chi connectivity index (χ3v) is 2.80. The van der Waals surface area contributed by atoms with Crippen LogP contribution in [0.5, 0.6) is 5.75 Å². The van der Waals surface area contributed by atoms with Crippen molar-refractivity contribution in [1.82, 2.24) is 5.32 Å². The Morgan fingerprint density at radius 3 is 2.12 bits per heavy atom. The van der Waals surface area contributed by atoms with Gasteiger partial charge in [-0.15, -0.1) is 0 Å². The maximum absolute atomic E-state index is 5.82. The molecule has 0 radical (unpaired) electrons. The highest BCUT2D eigenvalue weighted by Gasteiger charge is 2.11. The summed E-state index contributed by atoms with van der Waals surface area (Å²) in [6.45, 7) is 9.31. The molecule has 0 saturated heterocycles. The van der Waals surface area contributed by atoms with Crippen LogP contribution in [0.1, 0.15) is 25.0 Å². The van der Waals surface area contributed by atoms with E-state index in [2.05, 4.69) is 51.2 Å². The maximum atomic E-state index is 5.82. The van der Waals surface area contributed by atoms with Crippen molar-refractivity contribution in [3.8, 4) is 5.75 Å². The minimum atomic E-state index is 0.404. The van der Waals surface area contributed by atoms with Crippen molar-refractivity contribution in [3.05, 3.63) is 29.3 Å². The van der Waals surface area contributed by atoms with Gasteiger partial charge in [0.1, 0.15) is 12.4 Å². The molecule has 0 aliphatic heterocycles. The largest absolute Gasteiger partial charge is 0.492 e. The number of benzene rings is 1. The molecule has 0 aliphatic carbocycles. The van der Waals surface area contributed by atoms with Crippen molar-refractivity contribution in [1.29, 1.82) is 0 Å². The van der Waals surface area contributed by atoms with Gasteiger partial charge in [0.2, 0.25) is 0 Å². The Bertz CT molecular complexity index is 313. The van der Waals surface area contributed by atoms with Crippen LogP contribution in [0.25, 0.3) is 0 Å². The average molecular weight is 221 g/mol. The number of nitrogens with one attached hydrogen (secondary N) is 1. The summed E-state index contributed by atoms with van der Waals surface area (Å²) in [5.41, 5.74) is 2.50. The molecule has 0 spiro atoms. The fraction of sp³-hybridized carbons (Fsp3) is 0.571. The molecule has 0 aliphatic rings. The monoisotopic (exact) mass is 221 g/mol. The lowest BCUT2D eigenvalue weighted by Gasteiger charge is -2.20. The van der Waals surface area contributed by atoms with Gasteiger partial charge < -0.3 is 10.1 Å². The van der Waals surface area contributed by atoms with Gasteiger partial charge in [-0.1, -0.05) is 19.9 Å². The molecule has 0 amide bonds. The van der Waals surface area contributed by atoms with E-state index in [0.29, 0.717) is 12.0 Å². The predicted molar refractivity (Wildman–Crippen MR) is 69.1 cm³/mol. The van der Waals surface area contributed by atoms with Crippen LogP contribution < -0.4 is 10.1 Å².